The van der Waals surface area contributed by atoms with E-state index in [9.17, 15) is 15.2 Å². The Morgan fingerprint density at radius 3 is 2.83 bits per heavy atom. The Balaban J connectivity index is 2.60. The molecule has 1 aromatic carbocycles. The van der Waals surface area contributed by atoms with E-state index in [1.165, 1.54) is 25.3 Å². The van der Waals surface area contributed by atoms with Crippen molar-refractivity contribution in [2.75, 3.05) is 7.11 Å². The highest BCUT2D eigenvalue weighted by Crippen LogP contribution is 2.28. The van der Waals surface area contributed by atoms with E-state index in [-0.39, 0.29) is 12.3 Å². The molecule has 0 spiro atoms. The molecule has 0 aliphatic heterocycles. The Hall–Kier alpha value is -2.34. The van der Waals surface area contributed by atoms with Crippen molar-refractivity contribution in [1.29, 1.82) is 0 Å². The molecule has 6 nitrogen and oxygen atoms in total. The van der Waals surface area contributed by atoms with Crippen molar-refractivity contribution in [3.8, 4) is 11.4 Å². The Kier molecular flexibility index (Phi) is 3.29. The molecule has 1 N–H and O–H groups in total. The maximum absolute atomic E-state index is 10.8. The van der Waals surface area contributed by atoms with Gasteiger partial charge in [0.2, 0.25) is 0 Å². The number of aromatic nitrogens is 1. The zero-order valence-electron chi connectivity index (χ0n) is 9.74. The van der Waals surface area contributed by atoms with Crippen LogP contribution in [0.1, 0.15) is 5.69 Å². The maximum Gasteiger partial charge on any atom is 0.271 e. The minimum atomic E-state index is -0.467. The first-order chi connectivity index (χ1) is 8.67. The van der Waals surface area contributed by atoms with Crippen molar-refractivity contribution >= 4 is 5.69 Å². The third-order valence-corrected chi connectivity index (χ3v) is 2.63. The fraction of sp³-hybridized carbons (Fsp3) is 0.167. The van der Waals surface area contributed by atoms with Gasteiger partial charge >= 0.3 is 0 Å². The van der Waals surface area contributed by atoms with Crippen LogP contribution in [0.5, 0.6) is 5.75 Å². The Labute approximate surface area is 103 Å². The molecule has 18 heavy (non-hydrogen) atoms. The Morgan fingerprint density at radius 1 is 1.44 bits per heavy atom. The van der Waals surface area contributed by atoms with Crippen LogP contribution in [0.15, 0.2) is 36.5 Å². The van der Waals surface area contributed by atoms with Gasteiger partial charge in [-0.25, -0.2) is 0 Å². The van der Waals surface area contributed by atoms with E-state index < -0.39 is 4.92 Å². The molecule has 0 aliphatic rings. The molecule has 2 aromatic rings. The molecule has 1 heterocycles. The molecule has 0 atom stereocenters. The number of hydrogen-bond donors (Lipinski definition) is 1. The maximum atomic E-state index is 10.8. The van der Waals surface area contributed by atoms with Crippen LogP contribution in [0.3, 0.4) is 0 Å². The summed E-state index contributed by atoms with van der Waals surface area (Å²) in [5, 5.41) is 20.0. The second-order valence-corrected chi connectivity index (χ2v) is 3.64. The highest BCUT2D eigenvalue weighted by atomic mass is 16.6. The van der Waals surface area contributed by atoms with E-state index in [2.05, 4.69) is 0 Å². The number of aliphatic hydroxyl groups is 1. The zero-order chi connectivity index (χ0) is 13.1. The van der Waals surface area contributed by atoms with Gasteiger partial charge in [0.25, 0.3) is 5.69 Å². The van der Waals surface area contributed by atoms with Crippen LogP contribution in [-0.2, 0) is 6.61 Å². The minimum absolute atomic E-state index is 0.0246. The van der Waals surface area contributed by atoms with Crippen molar-refractivity contribution < 1.29 is 14.8 Å². The van der Waals surface area contributed by atoms with E-state index in [1.54, 1.807) is 22.9 Å². The summed E-state index contributed by atoms with van der Waals surface area (Å²) in [5.74, 6) is 0.506. The van der Waals surface area contributed by atoms with Gasteiger partial charge in [-0.1, -0.05) is 0 Å². The molecule has 0 amide bonds. The lowest BCUT2D eigenvalue weighted by molar-refractivity contribution is -0.384. The second-order valence-electron chi connectivity index (χ2n) is 3.64. The van der Waals surface area contributed by atoms with E-state index in [1.807, 2.05) is 0 Å². The largest absolute Gasteiger partial charge is 0.495 e. The molecule has 0 aliphatic carbocycles. The molecule has 0 bridgehead atoms. The number of nitrogens with zero attached hydrogens (tertiary/aromatic N) is 2. The molecular weight excluding hydrogens is 236 g/mol. The van der Waals surface area contributed by atoms with E-state index in [4.69, 9.17) is 4.74 Å². The van der Waals surface area contributed by atoms with Gasteiger partial charge in [0.15, 0.2) is 0 Å². The first-order valence-electron chi connectivity index (χ1n) is 5.27. The molecule has 0 saturated carbocycles. The van der Waals surface area contributed by atoms with Crippen LogP contribution in [-0.4, -0.2) is 21.7 Å². The van der Waals surface area contributed by atoms with E-state index >= 15 is 0 Å². The van der Waals surface area contributed by atoms with Crippen molar-refractivity contribution in [3.63, 3.8) is 0 Å². The third-order valence-electron chi connectivity index (χ3n) is 2.63. The van der Waals surface area contributed by atoms with Crippen molar-refractivity contribution in [2.24, 2.45) is 0 Å². The van der Waals surface area contributed by atoms with Crippen LogP contribution in [0, 0.1) is 10.1 Å². The van der Waals surface area contributed by atoms with Gasteiger partial charge in [0.05, 0.1) is 24.3 Å². The predicted octanol–water partition coefficient (Wildman–Crippen LogP) is 1.89. The lowest BCUT2D eigenvalue weighted by atomic mass is 10.2. The minimum Gasteiger partial charge on any atom is -0.495 e. The second kappa shape index (κ2) is 4.89. The highest BCUT2D eigenvalue weighted by molar-refractivity contribution is 5.54. The van der Waals surface area contributed by atoms with Crippen LogP contribution in [0.25, 0.3) is 5.69 Å². The number of benzene rings is 1. The average molecular weight is 248 g/mol. The van der Waals surface area contributed by atoms with Crippen molar-refractivity contribution in [3.05, 3.63) is 52.3 Å². The first kappa shape index (κ1) is 12.1. The Bertz CT molecular complexity index is 577. The number of methoxy groups -OCH3 is 1. The number of ether oxygens (including phenoxy) is 1. The summed E-state index contributed by atoms with van der Waals surface area (Å²) in [6.45, 7) is -0.154. The van der Waals surface area contributed by atoms with Gasteiger partial charge in [-0.3, -0.25) is 10.1 Å². The van der Waals surface area contributed by atoms with Gasteiger partial charge in [0.1, 0.15) is 5.75 Å². The summed E-state index contributed by atoms with van der Waals surface area (Å²) in [5.41, 5.74) is 1.14. The van der Waals surface area contributed by atoms with E-state index in [0.717, 1.165) is 0 Å². The van der Waals surface area contributed by atoms with Crippen LogP contribution < -0.4 is 4.74 Å². The fourth-order valence-corrected chi connectivity index (χ4v) is 1.76. The summed E-state index contributed by atoms with van der Waals surface area (Å²) in [4.78, 5) is 10.3. The van der Waals surface area contributed by atoms with Crippen molar-refractivity contribution in [1.82, 2.24) is 4.57 Å². The summed E-state index contributed by atoms with van der Waals surface area (Å²) >= 11 is 0. The number of aliphatic hydroxyl groups excluding tert-OH is 1. The summed E-state index contributed by atoms with van der Waals surface area (Å²) in [7, 11) is 1.49. The monoisotopic (exact) mass is 248 g/mol. The summed E-state index contributed by atoms with van der Waals surface area (Å²) < 4.78 is 6.84. The fourth-order valence-electron chi connectivity index (χ4n) is 1.76. The van der Waals surface area contributed by atoms with Gasteiger partial charge in [0, 0.05) is 24.0 Å². The van der Waals surface area contributed by atoms with Gasteiger partial charge in [-0.05, 0) is 18.2 Å². The third kappa shape index (κ3) is 2.05. The van der Waals surface area contributed by atoms with Gasteiger partial charge < -0.3 is 14.4 Å². The highest BCUT2D eigenvalue weighted by Gasteiger charge is 2.14. The van der Waals surface area contributed by atoms with Gasteiger partial charge in [-0.2, -0.15) is 0 Å². The zero-order valence-corrected chi connectivity index (χ0v) is 9.74. The first-order valence-corrected chi connectivity index (χ1v) is 5.27. The molecule has 1 aromatic heterocycles. The molecule has 0 radical (unpaired) electrons. The molecule has 2 rings (SSSR count). The number of nitro benzene ring substituents is 1. The molecule has 0 unspecified atom stereocenters. The number of hydrogen-bond acceptors (Lipinski definition) is 4. The SMILES string of the molecule is COc1ccc([N+](=O)[O-])cc1-n1cccc1CO. The quantitative estimate of drug-likeness (QED) is 0.662. The molecule has 0 fully saturated rings. The molecule has 0 saturated heterocycles. The lowest BCUT2D eigenvalue weighted by Crippen LogP contribution is -2.02. The number of nitro groups is 1. The van der Waals surface area contributed by atoms with Crippen LogP contribution in [0.4, 0.5) is 5.69 Å². The lowest BCUT2D eigenvalue weighted by Gasteiger charge is -2.11. The number of non-ortho nitro benzene ring substituents is 1. The topological polar surface area (TPSA) is 77.5 Å². The number of rotatable bonds is 4. The standard InChI is InChI=1S/C12H12N2O4/c1-18-12-5-4-9(14(16)17)7-11(12)13-6-2-3-10(13)8-15/h2-7,15H,8H2,1H3. The Morgan fingerprint density at radius 2 is 2.22 bits per heavy atom. The normalized spacial score (nSPS) is 10.3. The van der Waals surface area contributed by atoms with Gasteiger partial charge in [-0.15, -0.1) is 0 Å². The van der Waals surface area contributed by atoms with Crippen LogP contribution >= 0.6 is 0 Å². The smallest absolute Gasteiger partial charge is 0.271 e. The predicted molar refractivity (Wildman–Crippen MR) is 64.9 cm³/mol. The molecule has 6 heteroatoms. The van der Waals surface area contributed by atoms with E-state index in [0.29, 0.717) is 17.1 Å². The molecule has 94 valence electrons. The summed E-state index contributed by atoms with van der Waals surface area (Å²) in [6.07, 6.45) is 1.72. The van der Waals surface area contributed by atoms with Crippen molar-refractivity contribution in [2.45, 2.75) is 6.61 Å². The average Bonchev–Trinajstić information content (AvgIpc) is 2.85. The van der Waals surface area contributed by atoms with Crippen LogP contribution in [0.2, 0.25) is 0 Å². The molecular formula is C12H12N2O4. The summed E-state index contributed by atoms with van der Waals surface area (Å²) in [6, 6.07) is 7.82.